The van der Waals surface area contributed by atoms with Crippen molar-refractivity contribution in [3.8, 4) is 0 Å². The Balaban J connectivity index is 1.96. The van der Waals surface area contributed by atoms with E-state index < -0.39 is 0 Å². The van der Waals surface area contributed by atoms with Crippen LogP contribution in [0.1, 0.15) is 18.5 Å². The zero-order valence-electron chi connectivity index (χ0n) is 9.12. The number of piperidine rings is 1. The van der Waals surface area contributed by atoms with E-state index in [9.17, 15) is 0 Å². The number of aromatic nitrogens is 1. The SMILES string of the molecule is CN1CCC[C@H](Cc2cccc(Br)n2)C1. The van der Waals surface area contributed by atoms with Gasteiger partial charge in [-0.2, -0.15) is 0 Å². The molecular weight excluding hydrogens is 252 g/mol. The van der Waals surface area contributed by atoms with Crippen LogP contribution in [0.4, 0.5) is 0 Å². The molecule has 1 atom stereocenters. The van der Waals surface area contributed by atoms with Crippen LogP contribution >= 0.6 is 15.9 Å². The smallest absolute Gasteiger partial charge is 0.106 e. The number of pyridine rings is 1. The third kappa shape index (κ3) is 3.28. The minimum absolute atomic E-state index is 0.783. The maximum Gasteiger partial charge on any atom is 0.106 e. The second-order valence-corrected chi connectivity index (χ2v) is 5.24. The van der Waals surface area contributed by atoms with Gasteiger partial charge in [0.2, 0.25) is 0 Å². The average Bonchev–Trinajstić information content (AvgIpc) is 2.17. The molecule has 0 amide bonds. The van der Waals surface area contributed by atoms with Crippen molar-refractivity contribution in [3.05, 3.63) is 28.5 Å². The van der Waals surface area contributed by atoms with Gasteiger partial charge in [0.05, 0.1) is 0 Å². The summed E-state index contributed by atoms with van der Waals surface area (Å²) in [7, 11) is 2.21. The van der Waals surface area contributed by atoms with Crippen LogP contribution in [0, 0.1) is 5.92 Å². The van der Waals surface area contributed by atoms with Crippen LogP contribution in [-0.4, -0.2) is 30.0 Å². The molecule has 0 N–H and O–H groups in total. The van der Waals surface area contributed by atoms with E-state index in [-0.39, 0.29) is 0 Å². The van der Waals surface area contributed by atoms with Gasteiger partial charge in [-0.05, 0) is 66.8 Å². The number of nitrogens with zero attached hydrogens (tertiary/aromatic N) is 2. The van der Waals surface area contributed by atoms with Crippen LogP contribution in [0.2, 0.25) is 0 Å². The monoisotopic (exact) mass is 268 g/mol. The second-order valence-electron chi connectivity index (χ2n) is 4.43. The molecular formula is C12H17BrN2. The summed E-state index contributed by atoms with van der Waals surface area (Å²) in [6.45, 7) is 2.47. The lowest BCUT2D eigenvalue weighted by Gasteiger charge is -2.29. The van der Waals surface area contributed by atoms with Gasteiger partial charge in [0.1, 0.15) is 4.60 Å². The maximum atomic E-state index is 4.49. The molecule has 1 saturated heterocycles. The normalized spacial score (nSPS) is 22.9. The number of likely N-dealkylation sites (tertiary alicyclic amines) is 1. The van der Waals surface area contributed by atoms with Crippen LogP contribution in [0.15, 0.2) is 22.8 Å². The fourth-order valence-corrected chi connectivity index (χ4v) is 2.68. The van der Waals surface area contributed by atoms with Gasteiger partial charge in [-0.25, -0.2) is 4.98 Å². The van der Waals surface area contributed by atoms with Crippen LogP contribution in [0.25, 0.3) is 0 Å². The lowest BCUT2D eigenvalue weighted by Crippen LogP contribution is -2.33. The molecule has 3 heteroatoms. The maximum absolute atomic E-state index is 4.49. The molecule has 0 aliphatic carbocycles. The van der Waals surface area contributed by atoms with Gasteiger partial charge < -0.3 is 4.90 Å². The molecule has 1 aromatic heterocycles. The summed E-state index contributed by atoms with van der Waals surface area (Å²) in [5.74, 6) is 0.783. The summed E-state index contributed by atoms with van der Waals surface area (Å²) in [5, 5.41) is 0. The highest BCUT2D eigenvalue weighted by molar-refractivity contribution is 9.10. The molecule has 0 radical (unpaired) electrons. The lowest BCUT2D eigenvalue weighted by molar-refractivity contribution is 0.208. The highest BCUT2D eigenvalue weighted by Gasteiger charge is 2.17. The molecule has 15 heavy (non-hydrogen) atoms. The fourth-order valence-electron chi connectivity index (χ4n) is 2.30. The molecule has 0 spiro atoms. The molecule has 0 bridgehead atoms. The molecule has 1 aromatic rings. The van der Waals surface area contributed by atoms with Crippen molar-refractivity contribution in [2.24, 2.45) is 5.92 Å². The summed E-state index contributed by atoms with van der Waals surface area (Å²) in [6.07, 6.45) is 3.79. The van der Waals surface area contributed by atoms with Crippen molar-refractivity contribution >= 4 is 15.9 Å². The van der Waals surface area contributed by atoms with E-state index in [4.69, 9.17) is 0 Å². The van der Waals surface area contributed by atoms with Gasteiger partial charge >= 0.3 is 0 Å². The van der Waals surface area contributed by atoms with Crippen LogP contribution < -0.4 is 0 Å². The Morgan fingerprint density at radius 1 is 1.53 bits per heavy atom. The summed E-state index contributed by atoms with van der Waals surface area (Å²) < 4.78 is 0.948. The van der Waals surface area contributed by atoms with E-state index in [1.54, 1.807) is 0 Å². The molecule has 82 valence electrons. The first-order valence-electron chi connectivity index (χ1n) is 5.54. The first-order chi connectivity index (χ1) is 7.24. The van der Waals surface area contributed by atoms with Crippen molar-refractivity contribution in [1.82, 2.24) is 9.88 Å². The molecule has 0 aromatic carbocycles. The number of rotatable bonds is 2. The molecule has 0 saturated carbocycles. The standard InChI is InChI=1S/C12H17BrN2/c1-15-7-3-4-10(9-15)8-11-5-2-6-12(13)14-11/h2,5-6,10H,3-4,7-9H2,1H3/t10-/m1/s1. The van der Waals surface area contributed by atoms with Crippen molar-refractivity contribution in [2.45, 2.75) is 19.3 Å². The zero-order valence-corrected chi connectivity index (χ0v) is 10.7. The summed E-state index contributed by atoms with van der Waals surface area (Å²) in [5.41, 5.74) is 1.21. The average molecular weight is 269 g/mol. The van der Waals surface area contributed by atoms with E-state index in [2.05, 4.69) is 45.0 Å². The predicted octanol–water partition coefficient (Wildman–Crippen LogP) is 2.73. The summed E-state index contributed by atoms with van der Waals surface area (Å²) in [4.78, 5) is 6.91. The molecule has 1 aliphatic rings. The quantitative estimate of drug-likeness (QED) is 0.767. The van der Waals surface area contributed by atoms with Gasteiger partial charge in [0, 0.05) is 12.2 Å². The van der Waals surface area contributed by atoms with E-state index >= 15 is 0 Å². The highest BCUT2D eigenvalue weighted by Crippen LogP contribution is 2.19. The summed E-state index contributed by atoms with van der Waals surface area (Å²) in [6, 6.07) is 6.18. The first-order valence-corrected chi connectivity index (χ1v) is 6.33. The molecule has 0 unspecified atom stereocenters. The molecule has 1 aliphatic heterocycles. The van der Waals surface area contributed by atoms with Crippen molar-refractivity contribution in [2.75, 3.05) is 20.1 Å². The van der Waals surface area contributed by atoms with Crippen molar-refractivity contribution < 1.29 is 0 Å². The third-order valence-corrected chi connectivity index (χ3v) is 3.43. The Morgan fingerprint density at radius 3 is 3.13 bits per heavy atom. The van der Waals surface area contributed by atoms with Gasteiger partial charge in [0.15, 0.2) is 0 Å². The van der Waals surface area contributed by atoms with Crippen molar-refractivity contribution in [1.29, 1.82) is 0 Å². The Labute approximate surface area is 99.8 Å². The van der Waals surface area contributed by atoms with Gasteiger partial charge in [-0.1, -0.05) is 6.07 Å². The van der Waals surface area contributed by atoms with Crippen LogP contribution in [0.5, 0.6) is 0 Å². The summed E-state index contributed by atoms with van der Waals surface area (Å²) >= 11 is 3.42. The van der Waals surface area contributed by atoms with E-state index in [0.717, 1.165) is 16.9 Å². The number of hydrogen-bond acceptors (Lipinski definition) is 2. The van der Waals surface area contributed by atoms with Gasteiger partial charge in [-0.15, -0.1) is 0 Å². The topological polar surface area (TPSA) is 16.1 Å². The largest absolute Gasteiger partial charge is 0.306 e. The fraction of sp³-hybridized carbons (Fsp3) is 0.583. The Morgan fingerprint density at radius 2 is 2.40 bits per heavy atom. The van der Waals surface area contributed by atoms with E-state index in [0.29, 0.717) is 0 Å². The lowest BCUT2D eigenvalue weighted by atomic mass is 9.93. The van der Waals surface area contributed by atoms with Gasteiger partial charge in [0.25, 0.3) is 0 Å². The van der Waals surface area contributed by atoms with E-state index in [1.165, 1.54) is 31.6 Å². The predicted molar refractivity (Wildman–Crippen MR) is 65.9 cm³/mol. The van der Waals surface area contributed by atoms with Gasteiger partial charge in [-0.3, -0.25) is 0 Å². The number of halogens is 1. The Kier molecular flexibility index (Phi) is 3.76. The molecule has 1 fully saturated rings. The highest BCUT2D eigenvalue weighted by atomic mass is 79.9. The van der Waals surface area contributed by atoms with Crippen molar-refractivity contribution in [3.63, 3.8) is 0 Å². The minimum atomic E-state index is 0.783. The van der Waals surface area contributed by atoms with E-state index in [1.807, 2.05) is 6.07 Å². The molecule has 2 heterocycles. The van der Waals surface area contributed by atoms with Crippen LogP contribution in [-0.2, 0) is 6.42 Å². The first kappa shape index (κ1) is 11.1. The second kappa shape index (κ2) is 5.08. The zero-order chi connectivity index (χ0) is 10.7. The minimum Gasteiger partial charge on any atom is -0.306 e. The molecule has 2 rings (SSSR count). The number of hydrogen-bond donors (Lipinski definition) is 0. The third-order valence-electron chi connectivity index (χ3n) is 2.99. The Bertz CT molecular complexity index is 327. The Hall–Kier alpha value is -0.410. The molecule has 2 nitrogen and oxygen atoms in total. The van der Waals surface area contributed by atoms with Crippen LogP contribution in [0.3, 0.4) is 0 Å².